The number of hydrogen-bond donors (Lipinski definition) is 1. The van der Waals surface area contributed by atoms with Gasteiger partial charge in [-0.1, -0.05) is 48.5 Å². The average molecular weight is 445 g/mol. The number of aromatic nitrogens is 4. The quantitative estimate of drug-likeness (QED) is 0.467. The number of nitrogens with one attached hydrogen (secondary N) is 1. The maximum absolute atomic E-state index is 5.14. The van der Waals surface area contributed by atoms with Gasteiger partial charge in [-0.2, -0.15) is 0 Å². The molecular formula is C24H36N4S2. The van der Waals surface area contributed by atoms with Crippen LogP contribution >= 0.6 is 22.7 Å². The molecule has 1 N–H and O–H groups in total. The first-order valence-corrected chi connectivity index (χ1v) is 12.3. The SMILES string of the molecule is Cc1nc(CC(C)(C)c2nc(CC(C)(C)c3nc[nH]c3C)sc2C)sc1C(C)(C)C. The summed E-state index contributed by atoms with van der Waals surface area (Å²) < 4.78 is 0. The van der Waals surface area contributed by atoms with E-state index in [2.05, 4.69) is 79.2 Å². The summed E-state index contributed by atoms with van der Waals surface area (Å²) in [6.45, 7) is 22.3. The van der Waals surface area contributed by atoms with Crippen molar-refractivity contribution >= 4 is 22.7 Å². The molecule has 0 saturated carbocycles. The van der Waals surface area contributed by atoms with E-state index in [9.17, 15) is 0 Å². The van der Waals surface area contributed by atoms with Gasteiger partial charge < -0.3 is 4.98 Å². The molecule has 0 spiro atoms. The zero-order valence-corrected chi connectivity index (χ0v) is 21.8. The van der Waals surface area contributed by atoms with Crippen molar-refractivity contribution in [2.24, 2.45) is 0 Å². The van der Waals surface area contributed by atoms with Gasteiger partial charge in [-0.25, -0.2) is 15.0 Å². The Labute approximate surface area is 189 Å². The van der Waals surface area contributed by atoms with Gasteiger partial charge in [0.05, 0.1) is 33.4 Å². The Bertz CT molecular complexity index is 1030. The third kappa shape index (κ3) is 4.70. The van der Waals surface area contributed by atoms with Crippen LogP contribution in [0.2, 0.25) is 0 Å². The monoisotopic (exact) mass is 444 g/mol. The molecule has 30 heavy (non-hydrogen) atoms. The Morgan fingerprint density at radius 3 is 1.87 bits per heavy atom. The molecule has 3 aromatic heterocycles. The van der Waals surface area contributed by atoms with E-state index in [1.807, 2.05) is 22.7 Å². The van der Waals surface area contributed by atoms with E-state index in [1.54, 1.807) is 6.33 Å². The highest BCUT2D eigenvalue weighted by molar-refractivity contribution is 7.12. The largest absolute Gasteiger partial charge is 0.348 e. The number of aromatic amines is 1. The van der Waals surface area contributed by atoms with E-state index in [1.165, 1.54) is 31.2 Å². The number of aryl methyl sites for hydroxylation is 3. The molecule has 0 aliphatic rings. The first kappa shape index (κ1) is 23.1. The van der Waals surface area contributed by atoms with Gasteiger partial charge in [-0.15, -0.1) is 22.7 Å². The minimum atomic E-state index is -0.0518. The Kier molecular flexibility index (Phi) is 6.07. The molecule has 3 aromatic rings. The predicted octanol–water partition coefficient (Wildman–Crippen LogP) is 6.59. The third-order valence-electron chi connectivity index (χ3n) is 5.66. The molecule has 164 valence electrons. The van der Waals surface area contributed by atoms with Crippen molar-refractivity contribution in [1.82, 2.24) is 19.9 Å². The summed E-state index contributed by atoms with van der Waals surface area (Å²) in [5.74, 6) is 0. The van der Waals surface area contributed by atoms with Gasteiger partial charge in [0.25, 0.3) is 0 Å². The summed E-state index contributed by atoms with van der Waals surface area (Å²) in [5.41, 5.74) is 4.69. The van der Waals surface area contributed by atoms with Crippen LogP contribution in [0, 0.1) is 20.8 Å². The number of imidazole rings is 1. The van der Waals surface area contributed by atoms with Crippen LogP contribution in [-0.2, 0) is 29.1 Å². The van der Waals surface area contributed by atoms with Gasteiger partial charge in [0, 0.05) is 39.1 Å². The summed E-state index contributed by atoms with van der Waals surface area (Å²) in [6.07, 6.45) is 3.60. The zero-order chi connectivity index (χ0) is 22.5. The van der Waals surface area contributed by atoms with Crippen molar-refractivity contribution in [3.05, 3.63) is 48.9 Å². The van der Waals surface area contributed by atoms with Crippen molar-refractivity contribution in [1.29, 1.82) is 0 Å². The molecule has 0 aliphatic carbocycles. The standard InChI is InChI=1S/C24H36N4S2/c1-14-19(26-13-25-14)23(7,8)12-18-28-20(16(3)29-18)24(9,10)11-17-27-15(2)21(30-17)22(4,5)6/h13H,11-12H2,1-10H3,(H,25,26). The minimum absolute atomic E-state index is 0.0509. The molecule has 3 heterocycles. The van der Waals surface area contributed by atoms with E-state index in [4.69, 9.17) is 9.97 Å². The molecule has 0 atom stereocenters. The van der Waals surface area contributed by atoms with Crippen molar-refractivity contribution in [3.63, 3.8) is 0 Å². The molecule has 0 fully saturated rings. The Balaban J connectivity index is 1.84. The number of H-pyrrole nitrogens is 1. The van der Waals surface area contributed by atoms with Crippen LogP contribution in [0.5, 0.6) is 0 Å². The van der Waals surface area contributed by atoms with Crippen molar-refractivity contribution < 1.29 is 0 Å². The average Bonchev–Trinajstić information content (AvgIpc) is 3.25. The highest BCUT2D eigenvalue weighted by Crippen LogP contribution is 2.38. The summed E-state index contributed by atoms with van der Waals surface area (Å²) in [5, 5.41) is 2.40. The molecule has 0 aliphatic heterocycles. The van der Waals surface area contributed by atoms with E-state index in [0.717, 1.165) is 24.2 Å². The van der Waals surface area contributed by atoms with Crippen molar-refractivity contribution in [2.75, 3.05) is 0 Å². The smallest absolute Gasteiger partial charge is 0.0940 e. The van der Waals surface area contributed by atoms with Crippen LogP contribution < -0.4 is 0 Å². The van der Waals surface area contributed by atoms with Gasteiger partial charge >= 0.3 is 0 Å². The molecule has 0 saturated heterocycles. The second kappa shape index (κ2) is 7.86. The Morgan fingerprint density at radius 2 is 1.37 bits per heavy atom. The lowest BCUT2D eigenvalue weighted by Crippen LogP contribution is -2.24. The fraction of sp³-hybridized carbons (Fsp3) is 0.625. The normalized spacial score (nSPS) is 13.3. The van der Waals surface area contributed by atoms with E-state index in [0.29, 0.717) is 0 Å². The lowest BCUT2D eigenvalue weighted by atomic mass is 9.84. The number of hydrogen-bond acceptors (Lipinski definition) is 5. The van der Waals surface area contributed by atoms with Crippen molar-refractivity contribution in [2.45, 2.75) is 98.3 Å². The fourth-order valence-electron chi connectivity index (χ4n) is 4.34. The maximum Gasteiger partial charge on any atom is 0.0940 e. The van der Waals surface area contributed by atoms with Crippen LogP contribution in [0.3, 0.4) is 0 Å². The van der Waals surface area contributed by atoms with Crippen LogP contribution in [0.25, 0.3) is 0 Å². The molecule has 0 bridgehead atoms. The van der Waals surface area contributed by atoms with Gasteiger partial charge in [-0.3, -0.25) is 0 Å². The summed E-state index contributed by atoms with van der Waals surface area (Å²) in [4.78, 5) is 20.5. The number of nitrogens with zero attached hydrogens (tertiary/aromatic N) is 3. The lowest BCUT2D eigenvalue weighted by molar-refractivity contribution is 0.486. The molecule has 0 unspecified atom stereocenters. The summed E-state index contributed by atoms with van der Waals surface area (Å²) in [6, 6.07) is 0. The second-order valence-electron chi connectivity index (χ2n) is 10.8. The number of thiazole rings is 2. The highest BCUT2D eigenvalue weighted by Gasteiger charge is 2.32. The summed E-state index contributed by atoms with van der Waals surface area (Å²) in [7, 11) is 0. The fourth-order valence-corrected chi connectivity index (χ4v) is 7.04. The minimum Gasteiger partial charge on any atom is -0.348 e. The van der Waals surface area contributed by atoms with Crippen LogP contribution in [-0.4, -0.2) is 19.9 Å². The second-order valence-corrected chi connectivity index (χ2v) is 13.2. The number of rotatable bonds is 6. The van der Waals surface area contributed by atoms with Crippen LogP contribution in [0.1, 0.15) is 91.0 Å². The third-order valence-corrected chi connectivity index (χ3v) is 8.22. The van der Waals surface area contributed by atoms with E-state index >= 15 is 0 Å². The van der Waals surface area contributed by atoms with Gasteiger partial charge in [0.2, 0.25) is 0 Å². The van der Waals surface area contributed by atoms with Crippen molar-refractivity contribution in [3.8, 4) is 0 Å². The summed E-state index contributed by atoms with van der Waals surface area (Å²) >= 11 is 3.69. The maximum atomic E-state index is 5.14. The van der Waals surface area contributed by atoms with Gasteiger partial charge in [-0.05, 0) is 26.2 Å². The predicted molar refractivity (Wildman–Crippen MR) is 129 cm³/mol. The Hall–Kier alpha value is -1.53. The molecule has 6 heteroatoms. The Morgan fingerprint density at radius 1 is 0.800 bits per heavy atom. The van der Waals surface area contributed by atoms with E-state index < -0.39 is 0 Å². The first-order valence-electron chi connectivity index (χ1n) is 10.6. The molecule has 3 rings (SSSR count). The highest BCUT2D eigenvalue weighted by atomic mass is 32.1. The lowest BCUT2D eigenvalue weighted by Gasteiger charge is -2.23. The zero-order valence-electron chi connectivity index (χ0n) is 20.1. The van der Waals surface area contributed by atoms with Gasteiger partial charge in [0.1, 0.15) is 0 Å². The molecule has 4 nitrogen and oxygen atoms in total. The topological polar surface area (TPSA) is 54.5 Å². The van der Waals surface area contributed by atoms with E-state index in [-0.39, 0.29) is 16.2 Å². The van der Waals surface area contributed by atoms with Crippen LogP contribution in [0.15, 0.2) is 6.33 Å². The first-order chi connectivity index (χ1) is 13.7. The molecule has 0 aromatic carbocycles. The molecule has 0 radical (unpaired) electrons. The van der Waals surface area contributed by atoms with Gasteiger partial charge in [0.15, 0.2) is 0 Å². The van der Waals surface area contributed by atoms with Crippen LogP contribution in [0.4, 0.5) is 0 Å². The molecule has 0 amide bonds. The molecular weight excluding hydrogens is 408 g/mol.